The number of ether oxygens (including phenoxy) is 1. The zero-order valence-electron chi connectivity index (χ0n) is 15.7. The molecule has 0 spiro atoms. The van der Waals surface area contributed by atoms with Crippen molar-refractivity contribution in [2.45, 2.75) is 20.4 Å². The Balaban J connectivity index is 1.92. The highest BCUT2D eigenvalue weighted by Crippen LogP contribution is 2.26. The van der Waals surface area contributed by atoms with Gasteiger partial charge in [0.2, 0.25) is 11.8 Å². The first kappa shape index (κ1) is 20.9. The predicted molar refractivity (Wildman–Crippen MR) is 111 cm³/mol. The van der Waals surface area contributed by atoms with Crippen LogP contribution in [-0.2, 0) is 16.1 Å². The van der Waals surface area contributed by atoms with E-state index in [-0.39, 0.29) is 18.4 Å². The monoisotopic (exact) mass is 433 g/mol. The number of benzene rings is 2. The summed E-state index contributed by atoms with van der Waals surface area (Å²) >= 11 is 3.49. The topological polar surface area (TPSA) is 70.7 Å². The molecule has 0 fully saturated rings. The zero-order valence-corrected chi connectivity index (χ0v) is 17.3. The van der Waals surface area contributed by atoms with Crippen molar-refractivity contribution < 1.29 is 14.3 Å². The lowest BCUT2D eigenvalue weighted by atomic mass is 10.2. The number of carbonyl (C=O) groups is 2. The second-order valence-electron chi connectivity index (χ2n) is 6.08. The van der Waals surface area contributed by atoms with Crippen LogP contribution in [0, 0.1) is 0 Å². The van der Waals surface area contributed by atoms with Crippen molar-refractivity contribution in [1.82, 2.24) is 4.90 Å². The van der Waals surface area contributed by atoms with Crippen LogP contribution in [0.3, 0.4) is 0 Å². The highest BCUT2D eigenvalue weighted by molar-refractivity contribution is 9.10. The number of carbonyl (C=O) groups excluding carboxylic acids is 2. The van der Waals surface area contributed by atoms with Gasteiger partial charge in [-0.15, -0.1) is 0 Å². The molecule has 2 aromatic carbocycles. The zero-order chi connectivity index (χ0) is 19.8. The van der Waals surface area contributed by atoms with E-state index in [1.807, 2.05) is 25.1 Å². The molecule has 0 aliphatic heterocycles. The summed E-state index contributed by atoms with van der Waals surface area (Å²) in [5.41, 5.74) is 2.48. The van der Waals surface area contributed by atoms with E-state index in [4.69, 9.17) is 4.74 Å². The van der Waals surface area contributed by atoms with E-state index in [2.05, 4.69) is 31.5 Å². The number of methoxy groups -OCH3 is 1. The molecule has 27 heavy (non-hydrogen) atoms. The largest absolute Gasteiger partial charge is 0.496 e. The van der Waals surface area contributed by atoms with E-state index in [1.165, 1.54) is 6.92 Å². The van der Waals surface area contributed by atoms with Crippen molar-refractivity contribution in [3.05, 3.63) is 52.5 Å². The lowest BCUT2D eigenvalue weighted by Crippen LogP contribution is -2.32. The Morgan fingerprint density at radius 2 is 1.70 bits per heavy atom. The first-order chi connectivity index (χ1) is 12.9. The molecule has 0 heterocycles. The van der Waals surface area contributed by atoms with Crippen molar-refractivity contribution >= 4 is 39.1 Å². The number of anilines is 2. The molecule has 0 bridgehead atoms. The van der Waals surface area contributed by atoms with E-state index in [0.29, 0.717) is 17.9 Å². The summed E-state index contributed by atoms with van der Waals surface area (Å²) in [6, 6.07) is 12.9. The Hall–Kier alpha value is -2.38. The number of hydrogen-bond donors (Lipinski definition) is 2. The van der Waals surface area contributed by atoms with Crippen LogP contribution in [0.2, 0.25) is 0 Å². The maximum absolute atomic E-state index is 12.4. The van der Waals surface area contributed by atoms with Gasteiger partial charge in [0.05, 0.1) is 18.1 Å². The number of halogens is 1. The van der Waals surface area contributed by atoms with Gasteiger partial charge in [-0.25, -0.2) is 0 Å². The number of nitrogens with one attached hydrogen (secondary N) is 2. The van der Waals surface area contributed by atoms with Crippen molar-refractivity contribution in [3.63, 3.8) is 0 Å². The summed E-state index contributed by atoms with van der Waals surface area (Å²) in [5.74, 6) is 0.564. The van der Waals surface area contributed by atoms with Gasteiger partial charge in [-0.1, -0.05) is 13.0 Å². The SMILES string of the molecule is CCN(CC(=O)Nc1ccc(NC(C)=O)cc1)Cc1ccc(OC)c(Br)c1. The number of nitrogens with zero attached hydrogens (tertiary/aromatic N) is 1. The predicted octanol–water partition coefficient (Wildman–Crippen LogP) is 3.88. The molecule has 7 heteroatoms. The maximum atomic E-state index is 12.4. The molecule has 0 saturated heterocycles. The van der Waals surface area contributed by atoms with Crippen molar-refractivity contribution in [3.8, 4) is 5.75 Å². The van der Waals surface area contributed by atoms with Crippen LogP contribution in [0.15, 0.2) is 46.9 Å². The molecule has 144 valence electrons. The lowest BCUT2D eigenvalue weighted by Gasteiger charge is -2.20. The molecule has 0 saturated carbocycles. The van der Waals surface area contributed by atoms with Gasteiger partial charge in [-0.3, -0.25) is 14.5 Å². The van der Waals surface area contributed by atoms with Crippen LogP contribution in [0.5, 0.6) is 5.75 Å². The van der Waals surface area contributed by atoms with Gasteiger partial charge >= 0.3 is 0 Å². The van der Waals surface area contributed by atoms with E-state index < -0.39 is 0 Å². The fraction of sp³-hybridized carbons (Fsp3) is 0.300. The average molecular weight is 434 g/mol. The highest BCUT2D eigenvalue weighted by Gasteiger charge is 2.11. The van der Waals surface area contributed by atoms with E-state index in [9.17, 15) is 9.59 Å². The fourth-order valence-electron chi connectivity index (χ4n) is 2.59. The number of likely N-dealkylation sites (N-methyl/N-ethyl adjacent to an activating group) is 1. The minimum Gasteiger partial charge on any atom is -0.496 e. The summed E-state index contributed by atoms with van der Waals surface area (Å²) in [4.78, 5) is 25.4. The van der Waals surface area contributed by atoms with Gasteiger partial charge in [-0.05, 0) is 64.4 Å². The Labute approximate surface area is 168 Å². The smallest absolute Gasteiger partial charge is 0.238 e. The summed E-state index contributed by atoms with van der Waals surface area (Å²) in [7, 11) is 1.63. The highest BCUT2D eigenvalue weighted by atomic mass is 79.9. The van der Waals surface area contributed by atoms with Gasteiger partial charge in [0.25, 0.3) is 0 Å². The van der Waals surface area contributed by atoms with Gasteiger partial charge in [0.15, 0.2) is 0 Å². The molecule has 0 unspecified atom stereocenters. The summed E-state index contributed by atoms with van der Waals surface area (Å²) in [6.07, 6.45) is 0. The van der Waals surface area contributed by atoms with E-state index >= 15 is 0 Å². The normalized spacial score (nSPS) is 10.6. The molecule has 2 amide bonds. The molecular formula is C20H24BrN3O3. The van der Waals surface area contributed by atoms with Crippen LogP contribution in [0.1, 0.15) is 19.4 Å². The fourth-order valence-corrected chi connectivity index (χ4v) is 3.18. The van der Waals surface area contributed by atoms with E-state index in [0.717, 1.165) is 22.3 Å². The third-order valence-electron chi connectivity index (χ3n) is 3.93. The third-order valence-corrected chi connectivity index (χ3v) is 4.55. The van der Waals surface area contributed by atoms with Crippen LogP contribution in [-0.4, -0.2) is 36.9 Å². The van der Waals surface area contributed by atoms with Crippen molar-refractivity contribution in [2.24, 2.45) is 0 Å². The van der Waals surface area contributed by atoms with Gasteiger partial charge < -0.3 is 15.4 Å². The number of amides is 2. The minimum atomic E-state index is -0.129. The Morgan fingerprint density at radius 3 is 2.22 bits per heavy atom. The van der Waals surface area contributed by atoms with Gasteiger partial charge in [0.1, 0.15) is 5.75 Å². The third kappa shape index (κ3) is 6.69. The van der Waals surface area contributed by atoms with E-state index in [1.54, 1.807) is 31.4 Å². The average Bonchev–Trinajstić information content (AvgIpc) is 2.62. The molecule has 2 aromatic rings. The summed E-state index contributed by atoms with van der Waals surface area (Å²) < 4.78 is 6.13. The molecule has 2 N–H and O–H groups in total. The quantitative estimate of drug-likeness (QED) is 0.662. The Kier molecular flexibility index (Phi) is 7.82. The maximum Gasteiger partial charge on any atom is 0.238 e. The van der Waals surface area contributed by atoms with Gasteiger partial charge in [-0.2, -0.15) is 0 Å². The van der Waals surface area contributed by atoms with Crippen LogP contribution >= 0.6 is 15.9 Å². The number of rotatable bonds is 8. The molecule has 2 rings (SSSR count). The number of hydrogen-bond acceptors (Lipinski definition) is 4. The second-order valence-corrected chi connectivity index (χ2v) is 6.93. The molecule has 0 atom stereocenters. The van der Waals surface area contributed by atoms with Crippen molar-refractivity contribution in [1.29, 1.82) is 0 Å². The molecule has 0 aliphatic rings. The molecule has 6 nitrogen and oxygen atoms in total. The summed E-state index contributed by atoms with van der Waals surface area (Å²) in [6.45, 7) is 5.17. The van der Waals surface area contributed by atoms with Gasteiger partial charge in [0, 0.05) is 24.8 Å². The second kappa shape index (κ2) is 10.1. The Morgan fingerprint density at radius 1 is 1.07 bits per heavy atom. The lowest BCUT2D eigenvalue weighted by molar-refractivity contribution is -0.117. The molecule has 0 aromatic heterocycles. The molecule has 0 aliphatic carbocycles. The van der Waals surface area contributed by atoms with Crippen molar-refractivity contribution in [2.75, 3.05) is 30.8 Å². The first-order valence-electron chi connectivity index (χ1n) is 8.63. The molecule has 0 radical (unpaired) electrons. The summed E-state index contributed by atoms with van der Waals surface area (Å²) in [5, 5.41) is 5.57. The van der Waals surface area contributed by atoms with Crippen LogP contribution < -0.4 is 15.4 Å². The molecular weight excluding hydrogens is 410 g/mol. The first-order valence-corrected chi connectivity index (χ1v) is 9.42. The van der Waals surface area contributed by atoms with Crippen LogP contribution in [0.4, 0.5) is 11.4 Å². The Bertz CT molecular complexity index is 794. The minimum absolute atomic E-state index is 0.0864. The van der Waals surface area contributed by atoms with Crippen LogP contribution in [0.25, 0.3) is 0 Å². The standard InChI is InChI=1S/C20H24BrN3O3/c1-4-24(12-15-5-10-19(27-3)18(21)11-15)13-20(26)23-17-8-6-16(7-9-17)22-14(2)25/h5-11H,4,12-13H2,1-3H3,(H,22,25)(H,23,26).